The lowest BCUT2D eigenvalue weighted by Gasteiger charge is -2.31. The van der Waals surface area contributed by atoms with Crippen LogP contribution in [0, 0.1) is 6.92 Å². The fraction of sp³-hybridized carbons (Fsp3) is 0.389. The first-order chi connectivity index (χ1) is 11.5. The van der Waals surface area contributed by atoms with E-state index < -0.39 is 18.2 Å². The highest BCUT2D eigenvalue weighted by Crippen LogP contribution is 2.25. The standard InChI is InChI=1S/C18H23N3O3/c1-13-10-20(11-19-13)15(3)18(23)21(12-22)14(2)17(24-4)16-8-6-5-7-9-16/h5-12,14-15,17H,1-4H3/t14-,15-,17-/m1/s1. The van der Waals surface area contributed by atoms with Gasteiger partial charge in [-0.15, -0.1) is 0 Å². The number of nitrogens with zero attached hydrogens (tertiary/aromatic N) is 3. The van der Waals surface area contributed by atoms with E-state index in [4.69, 9.17) is 4.74 Å². The first-order valence-corrected chi connectivity index (χ1v) is 7.84. The maximum atomic E-state index is 12.8. The van der Waals surface area contributed by atoms with E-state index in [0.717, 1.165) is 11.3 Å². The van der Waals surface area contributed by atoms with E-state index in [9.17, 15) is 9.59 Å². The van der Waals surface area contributed by atoms with Crippen molar-refractivity contribution in [2.75, 3.05) is 7.11 Å². The first kappa shape index (κ1) is 17.9. The molecule has 2 aromatic rings. The van der Waals surface area contributed by atoms with Gasteiger partial charge in [-0.1, -0.05) is 30.3 Å². The molecule has 1 heterocycles. The van der Waals surface area contributed by atoms with Gasteiger partial charge in [0.2, 0.25) is 6.41 Å². The van der Waals surface area contributed by atoms with Crippen molar-refractivity contribution in [2.24, 2.45) is 0 Å². The third kappa shape index (κ3) is 3.71. The van der Waals surface area contributed by atoms with Gasteiger partial charge in [-0.05, 0) is 26.3 Å². The number of methoxy groups -OCH3 is 1. The lowest BCUT2D eigenvalue weighted by Crippen LogP contribution is -2.44. The average molecular weight is 329 g/mol. The number of amides is 2. The molecule has 2 rings (SSSR count). The highest BCUT2D eigenvalue weighted by Gasteiger charge is 2.31. The van der Waals surface area contributed by atoms with Crippen LogP contribution in [0.2, 0.25) is 0 Å². The van der Waals surface area contributed by atoms with Gasteiger partial charge < -0.3 is 9.30 Å². The quantitative estimate of drug-likeness (QED) is 0.732. The maximum Gasteiger partial charge on any atom is 0.252 e. The zero-order valence-corrected chi connectivity index (χ0v) is 14.4. The van der Waals surface area contributed by atoms with Crippen LogP contribution in [0.3, 0.4) is 0 Å². The number of carbonyl (C=O) groups is 2. The van der Waals surface area contributed by atoms with E-state index in [2.05, 4.69) is 4.98 Å². The summed E-state index contributed by atoms with van der Waals surface area (Å²) in [5.41, 5.74) is 1.73. The molecule has 0 saturated carbocycles. The summed E-state index contributed by atoms with van der Waals surface area (Å²) >= 11 is 0. The molecule has 6 heteroatoms. The zero-order valence-electron chi connectivity index (χ0n) is 14.4. The molecule has 6 nitrogen and oxygen atoms in total. The van der Waals surface area contributed by atoms with E-state index in [-0.39, 0.29) is 5.91 Å². The van der Waals surface area contributed by atoms with Crippen LogP contribution in [-0.4, -0.2) is 39.9 Å². The molecule has 0 unspecified atom stereocenters. The van der Waals surface area contributed by atoms with Crippen LogP contribution in [0.4, 0.5) is 0 Å². The summed E-state index contributed by atoms with van der Waals surface area (Å²) in [6.07, 6.45) is 3.55. The number of imide groups is 1. The molecule has 128 valence electrons. The Bertz CT molecular complexity index is 684. The predicted octanol–water partition coefficient (Wildman–Crippen LogP) is 2.51. The van der Waals surface area contributed by atoms with E-state index in [1.165, 1.54) is 4.90 Å². The van der Waals surface area contributed by atoms with Gasteiger partial charge in [-0.25, -0.2) is 4.98 Å². The minimum Gasteiger partial charge on any atom is -0.375 e. The highest BCUT2D eigenvalue weighted by molar-refractivity contribution is 5.89. The van der Waals surface area contributed by atoms with Crippen molar-refractivity contribution < 1.29 is 14.3 Å². The molecule has 0 aliphatic heterocycles. The minimum absolute atomic E-state index is 0.298. The van der Waals surface area contributed by atoms with E-state index in [1.807, 2.05) is 37.3 Å². The molecular formula is C18H23N3O3. The lowest BCUT2D eigenvalue weighted by molar-refractivity contribution is -0.146. The van der Waals surface area contributed by atoms with Crippen molar-refractivity contribution >= 4 is 12.3 Å². The van der Waals surface area contributed by atoms with Crippen LogP contribution in [0.5, 0.6) is 0 Å². The summed E-state index contributed by atoms with van der Waals surface area (Å²) in [7, 11) is 1.57. The van der Waals surface area contributed by atoms with Crippen LogP contribution in [0.15, 0.2) is 42.9 Å². The molecule has 0 N–H and O–H groups in total. The Kier molecular flexibility index (Phi) is 5.87. The van der Waals surface area contributed by atoms with Crippen molar-refractivity contribution in [3.05, 3.63) is 54.1 Å². The summed E-state index contributed by atoms with van der Waals surface area (Å²) in [4.78, 5) is 29.7. The maximum absolute atomic E-state index is 12.8. The van der Waals surface area contributed by atoms with Gasteiger partial charge in [0.15, 0.2) is 0 Å². The van der Waals surface area contributed by atoms with E-state index in [1.54, 1.807) is 38.0 Å². The molecular weight excluding hydrogens is 306 g/mol. The van der Waals surface area contributed by atoms with Crippen LogP contribution in [0.25, 0.3) is 0 Å². The van der Waals surface area contributed by atoms with Crippen molar-refractivity contribution in [1.82, 2.24) is 14.5 Å². The molecule has 0 bridgehead atoms. The number of ether oxygens (including phenoxy) is 1. The largest absolute Gasteiger partial charge is 0.375 e. The van der Waals surface area contributed by atoms with Gasteiger partial charge in [-0.2, -0.15) is 0 Å². The summed E-state index contributed by atoms with van der Waals surface area (Å²) in [6.45, 7) is 5.40. The first-order valence-electron chi connectivity index (χ1n) is 7.84. The molecule has 2 amide bonds. The van der Waals surface area contributed by atoms with Crippen molar-refractivity contribution in [1.29, 1.82) is 0 Å². The van der Waals surface area contributed by atoms with Gasteiger partial charge in [0.1, 0.15) is 12.1 Å². The van der Waals surface area contributed by atoms with Gasteiger partial charge in [0.25, 0.3) is 5.91 Å². The molecule has 0 aliphatic carbocycles. The summed E-state index contributed by atoms with van der Waals surface area (Å²) < 4.78 is 7.25. The average Bonchev–Trinajstić information content (AvgIpc) is 3.03. The SMILES string of the molecule is CO[C@@H](c1ccccc1)[C@@H](C)N(C=O)C(=O)[C@@H](C)n1cnc(C)c1. The summed E-state index contributed by atoms with van der Waals surface area (Å²) in [5.74, 6) is -0.298. The molecule has 1 aromatic carbocycles. The van der Waals surface area contributed by atoms with Crippen molar-refractivity contribution in [3.63, 3.8) is 0 Å². The molecule has 24 heavy (non-hydrogen) atoms. The Morgan fingerprint density at radius 2 is 1.96 bits per heavy atom. The fourth-order valence-corrected chi connectivity index (χ4v) is 2.74. The normalized spacial score (nSPS) is 14.7. The second-order valence-corrected chi connectivity index (χ2v) is 5.80. The number of hydrogen-bond acceptors (Lipinski definition) is 4. The number of aromatic nitrogens is 2. The third-order valence-electron chi connectivity index (χ3n) is 4.16. The molecule has 1 aromatic heterocycles. The minimum atomic E-state index is -0.521. The second-order valence-electron chi connectivity index (χ2n) is 5.80. The molecule has 0 saturated heterocycles. The molecule has 0 aliphatic rings. The Morgan fingerprint density at radius 3 is 2.46 bits per heavy atom. The Balaban J connectivity index is 2.22. The fourth-order valence-electron chi connectivity index (χ4n) is 2.74. The van der Waals surface area contributed by atoms with Crippen LogP contribution in [0.1, 0.15) is 37.3 Å². The monoisotopic (exact) mass is 329 g/mol. The number of imidazole rings is 1. The third-order valence-corrected chi connectivity index (χ3v) is 4.16. The van der Waals surface area contributed by atoms with E-state index in [0.29, 0.717) is 6.41 Å². The van der Waals surface area contributed by atoms with Gasteiger partial charge >= 0.3 is 0 Å². The highest BCUT2D eigenvalue weighted by atomic mass is 16.5. The van der Waals surface area contributed by atoms with Gasteiger partial charge in [-0.3, -0.25) is 14.5 Å². The van der Waals surface area contributed by atoms with E-state index >= 15 is 0 Å². The Labute approximate surface area is 142 Å². The molecule has 0 spiro atoms. The number of hydrogen-bond donors (Lipinski definition) is 0. The molecule has 3 atom stereocenters. The van der Waals surface area contributed by atoms with Gasteiger partial charge in [0.05, 0.1) is 18.1 Å². The number of benzene rings is 1. The molecule has 0 radical (unpaired) electrons. The van der Waals surface area contributed by atoms with Crippen LogP contribution >= 0.6 is 0 Å². The zero-order chi connectivity index (χ0) is 17.7. The number of aryl methyl sites for hydroxylation is 1. The summed E-state index contributed by atoms with van der Waals surface area (Å²) in [6, 6.07) is 8.59. The lowest BCUT2D eigenvalue weighted by atomic mass is 10.0. The number of carbonyl (C=O) groups excluding carboxylic acids is 2. The van der Waals surface area contributed by atoms with Crippen molar-refractivity contribution in [3.8, 4) is 0 Å². The van der Waals surface area contributed by atoms with Crippen LogP contribution < -0.4 is 0 Å². The Morgan fingerprint density at radius 1 is 1.29 bits per heavy atom. The summed E-state index contributed by atoms with van der Waals surface area (Å²) in [5, 5.41) is 0. The predicted molar refractivity (Wildman–Crippen MR) is 90.2 cm³/mol. The number of rotatable bonds is 7. The van der Waals surface area contributed by atoms with Crippen molar-refractivity contribution in [2.45, 2.75) is 39.0 Å². The van der Waals surface area contributed by atoms with Gasteiger partial charge in [0, 0.05) is 13.3 Å². The second kappa shape index (κ2) is 7.88. The molecule has 0 fully saturated rings. The van der Waals surface area contributed by atoms with Crippen LogP contribution in [-0.2, 0) is 14.3 Å². The smallest absolute Gasteiger partial charge is 0.252 e. The Hall–Kier alpha value is -2.47. The topological polar surface area (TPSA) is 64.4 Å².